The Hall–Kier alpha value is -2.43. The normalized spacial score (nSPS) is 11.3. The molecule has 3 aromatic rings. The standard InChI is InChI=1S/C14H16N4O/c1-8-13(9-7-12(15)18(3)16-9)14-10(17(8)2)5-4-6-11(14)19/h4-7,19H,15H2,1-3H3. The van der Waals surface area contributed by atoms with Crippen molar-refractivity contribution in [2.45, 2.75) is 6.92 Å². The molecule has 0 aliphatic carbocycles. The fraction of sp³-hybridized carbons (Fsp3) is 0.214. The highest BCUT2D eigenvalue weighted by Crippen LogP contribution is 2.38. The molecule has 0 fully saturated rings. The van der Waals surface area contributed by atoms with Crippen molar-refractivity contribution in [1.82, 2.24) is 14.3 Å². The zero-order valence-corrected chi connectivity index (χ0v) is 11.2. The molecule has 0 spiro atoms. The van der Waals surface area contributed by atoms with E-state index in [1.165, 1.54) is 0 Å². The van der Waals surface area contributed by atoms with Crippen LogP contribution in [0, 0.1) is 6.92 Å². The van der Waals surface area contributed by atoms with Crippen LogP contribution in [0.5, 0.6) is 5.75 Å². The Bertz CT molecular complexity index is 763. The number of aromatic nitrogens is 3. The van der Waals surface area contributed by atoms with Gasteiger partial charge in [-0.05, 0) is 19.1 Å². The van der Waals surface area contributed by atoms with Crippen molar-refractivity contribution >= 4 is 16.7 Å². The van der Waals surface area contributed by atoms with Crippen LogP contribution >= 0.6 is 0 Å². The van der Waals surface area contributed by atoms with Gasteiger partial charge in [-0.1, -0.05) is 6.07 Å². The van der Waals surface area contributed by atoms with Gasteiger partial charge >= 0.3 is 0 Å². The van der Waals surface area contributed by atoms with Crippen LogP contribution in [0.4, 0.5) is 5.82 Å². The summed E-state index contributed by atoms with van der Waals surface area (Å²) >= 11 is 0. The molecule has 0 bridgehead atoms. The molecule has 0 saturated heterocycles. The maximum atomic E-state index is 10.1. The summed E-state index contributed by atoms with van der Waals surface area (Å²) in [4.78, 5) is 0. The maximum Gasteiger partial charge on any atom is 0.125 e. The molecule has 5 heteroatoms. The summed E-state index contributed by atoms with van der Waals surface area (Å²) in [5.41, 5.74) is 9.60. The van der Waals surface area contributed by atoms with Gasteiger partial charge in [-0.3, -0.25) is 4.68 Å². The third-order valence-corrected chi connectivity index (χ3v) is 3.67. The molecule has 2 aromatic heterocycles. The SMILES string of the molecule is Cc1c(-c2cc(N)n(C)n2)c2c(O)cccc2n1C. The molecule has 0 aliphatic heterocycles. The van der Waals surface area contributed by atoms with Gasteiger partial charge in [-0.2, -0.15) is 5.10 Å². The van der Waals surface area contributed by atoms with Gasteiger partial charge in [0.1, 0.15) is 11.6 Å². The molecule has 3 N–H and O–H groups in total. The molecule has 0 radical (unpaired) electrons. The van der Waals surface area contributed by atoms with E-state index in [1.807, 2.05) is 32.2 Å². The highest BCUT2D eigenvalue weighted by molar-refractivity contribution is 6.01. The van der Waals surface area contributed by atoms with Crippen LogP contribution in [0.15, 0.2) is 24.3 Å². The average molecular weight is 256 g/mol. The topological polar surface area (TPSA) is 69.0 Å². The van der Waals surface area contributed by atoms with E-state index < -0.39 is 0 Å². The van der Waals surface area contributed by atoms with Crippen LogP contribution in [-0.4, -0.2) is 19.5 Å². The van der Waals surface area contributed by atoms with Gasteiger partial charge < -0.3 is 15.4 Å². The van der Waals surface area contributed by atoms with E-state index in [4.69, 9.17) is 5.73 Å². The van der Waals surface area contributed by atoms with Crippen LogP contribution in [-0.2, 0) is 14.1 Å². The predicted molar refractivity (Wildman–Crippen MR) is 75.9 cm³/mol. The number of nitrogens with two attached hydrogens (primary N) is 1. The van der Waals surface area contributed by atoms with Crippen molar-refractivity contribution in [3.05, 3.63) is 30.0 Å². The summed E-state index contributed by atoms with van der Waals surface area (Å²) in [5.74, 6) is 0.863. The second-order valence-corrected chi connectivity index (χ2v) is 4.77. The van der Waals surface area contributed by atoms with Gasteiger partial charge in [0.15, 0.2) is 0 Å². The van der Waals surface area contributed by atoms with Crippen molar-refractivity contribution in [1.29, 1.82) is 0 Å². The van der Waals surface area contributed by atoms with E-state index in [0.717, 1.165) is 27.9 Å². The fourth-order valence-corrected chi connectivity index (χ4v) is 2.51. The monoisotopic (exact) mass is 256 g/mol. The quantitative estimate of drug-likeness (QED) is 0.701. The lowest BCUT2D eigenvalue weighted by molar-refractivity contribution is 0.482. The van der Waals surface area contributed by atoms with E-state index >= 15 is 0 Å². The van der Waals surface area contributed by atoms with E-state index in [1.54, 1.807) is 17.8 Å². The predicted octanol–water partition coefficient (Wildman–Crippen LogP) is 2.18. The molecule has 0 amide bonds. The van der Waals surface area contributed by atoms with Gasteiger partial charge in [0.25, 0.3) is 0 Å². The van der Waals surface area contributed by atoms with Crippen molar-refractivity contribution in [3.8, 4) is 17.0 Å². The lowest BCUT2D eigenvalue weighted by Gasteiger charge is -1.99. The molecular formula is C14H16N4O. The van der Waals surface area contributed by atoms with Gasteiger partial charge in [0.05, 0.1) is 16.6 Å². The smallest absolute Gasteiger partial charge is 0.125 e. The Kier molecular flexibility index (Phi) is 2.32. The lowest BCUT2D eigenvalue weighted by atomic mass is 10.1. The number of aryl methyl sites for hydroxylation is 2. The Morgan fingerprint density at radius 1 is 1.26 bits per heavy atom. The molecule has 19 heavy (non-hydrogen) atoms. The molecular weight excluding hydrogens is 240 g/mol. The summed E-state index contributed by atoms with van der Waals surface area (Å²) in [7, 11) is 3.78. The summed E-state index contributed by atoms with van der Waals surface area (Å²) in [6, 6.07) is 7.34. The van der Waals surface area contributed by atoms with Crippen molar-refractivity contribution in [3.63, 3.8) is 0 Å². The van der Waals surface area contributed by atoms with Crippen LogP contribution in [0.25, 0.3) is 22.2 Å². The average Bonchev–Trinajstić information content (AvgIpc) is 2.82. The first kappa shape index (κ1) is 11.6. The first-order valence-corrected chi connectivity index (χ1v) is 6.07. The van der Waals surface area contributed by atoms with Gasteiger partial charge in [0.2, 0.25) is 0 Å². The number of aromatic hydroxyl groups is 1. The minimum absolute atomic E-state index is 0.264. The lowest BCUT2D eigenvalue weighted by Crippen LogP contribution is -1.96. The Labute approximate surface area is 110 Å². The second kappa shape index (κ2) is 3.78. The third-order valence-electron chi connectivity index (χ3n) is 3.67. The van der Waals surface area contributed by atoms with E-state index in [0.29, 0.717) is 5.82 Å². The third kappa shape index (κ3) is 1.51. The number of hydrogen-bond acceptors (Lipinski definition) is 3. The Balaban J connectivity index is 2.43. The number of nitrogens with zero attached hydrogens (tertiary/aromatic N) is 3. The first-order valence-electron chi connectivity index (χ1n) is 6.07. The second-order valence-electron chi connectivity index (χ2n) is 4.77. The molecule has 0 atom stereocenters. The maximum absolute atomic E-state index is 10.1. The summed E-state index contributed by atoms with van der Waals surface area (Å²) in [6.07, 6.45) is 0. The van der Waals surface area contributed by atoms with Crippen LogP contribution in [0.1, 0.15) is 5.69 Å². The number of rotatable bonds is 1. The number of benzene rings is 1. The molecule has 3 rings (SSSR count). The molecule has 0 aliphatic rings. The van der Waals surface area contributed by atoms with Gasteiger partial charge in [0, 0.05) is 31.4 Å². The molecule has 0 saturated carbocycles. The highest BCUT2D eigenvalue weighted by atomic mass is 16.3. The minimum Gasteiger partial charge on any atom is -0.507 e. The zero-order valence-electron chi connectivity index (χ0n) is 11.2. The van der Waals surface area contributed by atoms with E-state index in [-0.39, 0.29) is 5.75 Å². The summed E-state index contributed by atoms with van der Waals surface area (Å²) < 4.78 is 3.68. The summed E-state index contributed by atoms with van der Waals surface area (Å²) in [5, 5.41) is 15.4. The fourth-order valence-electron chi connectivity index (χ4n) is 2.51. The van der Waals surface area contributed by atoms with Gasteiger partial charge in [-0.25, -0.2) is 0 Å². The van der Waals surface area contributed by atoms with Crippen molar-refractivity contribution in [2.75, 3.05) is 5.73 Å². The minimum atomic E-state index is 0.264. The molecule has 0 unspecified atom stereocenters. The molecule has 1 aromatic carbocycles. The van der Waals surface area contributed by atoms with Crippen LogP contribution < -0.4 is 5.73 Å². The zero-order chi connectivity index (χ0) is 13.7. The van der Waals surface area contributed by atoms with E-state index in [2.05, 4.69) is 9.67 Å². The number of fused-ring (bicyclic) bond motifs is 1. The summed E-state index contributed by atoms with van der Waals surface area (Å²) in [6.45, 7) is 2.01. The van der Waals surface area contributed by atoms with Crippen LogP contribution in [0.3, 0.4) is 0 Å². The Morgan fingerprint density at radius 2 is 2.00 bits per heavy atom. The molecule has 2 heterocycles. The van der Waals surface area contributed by atoms with Crippen molar-refractivity contribution in [2.24, 2.45) is 14.1 Å². The largest absolute Gasteiger partial charge is 0.507 e. The number of phenolic OH excluding ortho intramolecular Hbond substituents is 1. The molecule has 5 nitrogen and oxygen atoms in total. The number of phenols is 1. The van der Waals surface area contributed by atoms with Gasteiger partial charge in [-0.15, -0.1) is 0 Å². The molecule has 98 valence electrons. The number of nitrogen functional groups attached to an aromatic ring is 1. The Morgan fingerprint density at radius 3 is 2.63 bits per heavy atom. The first-order chi connectivity index (χ1) is 9.00. The number of anilines is 1. The van der Waals surface area contributed by atoms with Crippen molar-refractivity contribution < 1.29 is 5.11 Å². The number of hydrogen-bond donors (Lipinski definition) is 2. The van der Waals surface area contributed by atoms with E-state index in [9.17, 15) is 5.11 Å². The highest BCUT2D eigenvalue weighted by Gasteiger charge is 2.19. The van der Waals surface area contributed by atoms with Crippen LogP contribution in [0.2, 0.25) is 0 Å².